The summed E-state index contributed by atoms with van der Waals surface area (Å²) >= 11 is 0. The van der Waals surface area contributed by atoms with Crippen LogP contribution in [-0.4, -0.2) is 69.4 Å². The van der Waals surface area contributed by atoms with Crippen LogP contribution in [0.15, 0.2) is 134 Å². The van der Waals surface area contributed by atoms with Crippen molar-refractivity contribution in [3.8, 4) is 0 Å². The molecule has 0 heterocycles. The van der Waals surface area contributed by atoms with Crippen LogP contribution in [0.25, 0.3) is 0 Å². The van der Waals surface area contributed by atoms with Gasteiger partial charge in [0.25, 0.3) is 7.82 Å². The van der Waals surface area contributed by atoms with Crippen molar-refractivity contribution in [2.45, 2.75) is 296 Å². The number of nitrogens with one attached hydrogen (secondary N) is 1. The van der Waals surface area contributed by atoms with Gasteiger partial charge in [-0.15, -0.1) is 0 Å². The minimum Gasteiger partial charge on any atom is -0.756 e. The van der Waals surface area contributed by atoms with E-state index in [0.717, 1.165) is 148 Å². The van der Waals surface area contributed by atoms with E-state index < -0.39 is 26.6 Å². The summed E-state index contributed by atoms with van der Waals surface area (Å²) in [5.41, 5.74) is 0. The van der Waals surface area contributed by atoms with E-state index in [1.54, 1.807) is 0 Å². The van der Waals surface area contributed by atoms with E-state index in [2.05, 4.69) is 148 Å². The number of quaternary nitrogens is 1. The molecule has 86 heavy (non-hydrogen) atoms. The molecule has 1 N–H and O–H groups in total. The molecule has 3 atom stereocenters. The second-order valence-electron chi connectivity index (χ2n) is 24.3. The number of allylic oxidation sites excluding steroid dienone is 21. The van der Waals surface area contributed by atoms with Gasteiger partial charge in [-0.3, -0.25) is 14.2 Å². The van der Waals surface area contributed by atoms with Crippen LogP contribution in [0.4, 0.5) is 0 Å². The second-order valence-corrected chi connectivity index (χ2v) is 25.7. The smallest absolute Gasteiger partial charge is 0.306 e. The first-order valence-corrected chi connectivity index (χ1v) is 36.5. The van der Waals surface area contributed by atoms with Gasteiger partial charge in [0.15, 0.2) is 0 Å². The molecule has 10 heteroatoms. The van der Waals surface area contributed by atoms with E-state index in [0.29, 0.717) is 23.9 Å². The largest absolute Gasteiger partial charge is 0.756 e. The van der Waals surface area contributed by atoms with E-state index >= 15 is 0 Å². The number of nitrogens with zero attached hydrogens (tertiary/aromatic N) is 1. The van der Waals surface area contributed by atoms with Gasteiger partial charge in [0.1, 0.15) is 19.3 Å². The molecule has 0 aromatic rings. The van der Waals surface area contributed by atoms with Crippen molar-refractivity contribution in [3.05, 3.63) is 134 Å². The SMILES string of the molecule is CC/C=C\C/C=C\C/C=C\C/C=C\C/C=C\C/C=C\CCCCCCCCC(=O)OC(/C=C/CCCCCCCCCCCC)C(COP(=O)([O-])OCC[N+](C)(C)C)NC(=O)CCCCCCCCC/C=C\C/C=C\C/C=C\C/C=C\CCCCC. The minimum atomic E-state index is -4.72. The molecule has 0 aromatic carbocycles. The lowest BCUT2D eigenvalue weighted by Crippen LogP contribution is -2.47. The van der Waals surface area contributed by atoms with Crippen molar-refractivity contribution < 1.29 is 37.3 Å². The third-order valence-electron chi connectivity index (χ3n) is 14.8. The molecule has 492 valence electrons. The maximum atomic E-state index is 13.6. The molecule has 0 aliphatic heterocycles. The number of carbonyl (C=O) groups excluding carboxylic acids is 2. The van der Waals surface area contributed by atoms with Gasteiger partial charge >= 0.3 is 5.97 Å². The Morgan fingerprint density at radius 3 is 1.14 bits per heavy atom. The summed E-state index contributed by atoms with van der Waals surface area (Å²) in [6, 6.07) is -0.912. The molecule has 0 aromatic heterocycles. The third kappa shape index (κ3) is 64.6. The van der Waals surface area contributed by atoms with Crippen molar-refractivity contribution >= 4 is 19.7 Å². The number of likely N-dealkylation sites (N-methyl/N-ethyl adjacent to an activating group) is 1. The van der Waals surface area contributed by atoms with Gasteiger partial charge in [-0.1, -0.05) is 277 Å². The maximum Gasteiger partial charge on any atom is 0.306 e. The predicted octanol–water partition coefficient (Wildman–Crippen LogP) is 21.8. The topological polar surface area (TPSA) is 114 Å². The molecule has 0 aliphatic carbocycles. The van der Waals surface area contributed by atoms with Crippen molar-refractivity contribution in [1.82, 2.24) is 5.32 Å². The number of phosphoric acid groups is 1. The number of unbranched alkanes of at least 4 members (excludes halogenated alkanes) is 26. The molecule has 0 spiro atoms. The van der Waals surface area contributed by atoms with E-state index in [1.165, 1.54) is 96.3 Å². The van der Waals surface area contributed by atoms with Gasteiger partial charge in [0.2, 0.25) is 5.91 Å². The van der Waals surface area contributed by atoms with Crippen molar-refractivity contribution in [3.63, 3.8) is 0 Å². The summed E-state index contributed by atoms with van der Waals surface area (Å²) in [5.74, 6) is -0.576. The lowest BCUT2D eigenvalue weighted by molar-refractivity contribution is -0.870. The fourth-order valence-electron chi connectivity index (χ4n) is 9.45. The lowest BCUT2D eigenvalue weighted by Gasteiger charge is -2.30. The zero-order valence-electron chi connectivity index (χ0n) is 56.2. The Kier molecular flexibility index (Phi) is 61.3. The Balaban J connectivity index is 5.18. The molecule has 0 saturated heterocycles. The minimum absolute atomic E-state index is 0.0344. The van der Waals surface area contributed by atoms with Gasteiger partial charge in [-0.25, -0.2) is 0 Å². The van der Waals surface area contributed by atoms with E-state index in [4.69, 9.17) is 13.8 Å². The summed E-state index contributed by atoms with van der Waals surface area (Å²) in [4.78, 5) is 40.2. The highest BCUT2D eigenvalue weighted by Gasteiger charge is 2.27. The van der Waals surface area contributed by atoms with E-state index in [1.807, 2.05) is 33.3 Å². The summed E-state index contributed by atoms with van der Waals surface area (Å²) in [6.07, 6.45) is 91.3. The number of carbonyl (C=O) groups is 2. The zero-order chi connectivity index (χ0) is 62.8. The number of phosphoric ester groups is 1. The van der Waals surface area contributed by atoms with Crippen molar-refractivity contribution in [2.75, 3.05) is 40.9 Å². The number of esters is 1. The number of ether oxygens (including phenoxy) is 1. The van der Waals surface area contributed by atoms with Gasteiger partial charge in [-0.05, 0) is 128 Å². The average molecular weight is 1220 g/mol. The van der Waals surface area contributed by atoms with Gasteiger partial charge in [0.05, 0.1) is 33.8 Å². The summed E-state index contributed by atoms with van der Waals surface area (Å²) in [5, 5.41) is 3.03. The predicted molar refractivity (Wildman–Crippen MR) is 371 cm³/mol. The highest BCUT2D eigenvalue weighted by molar-refractivity contribution is 7.45. The highest BCUT2D eigenvalue weighted by atomic mass is 31.2. The fourth-order valence-corrected chi connectivity index (χ4v) is 10.2. The Bertz CT molecular complexity index is 1930. The first kappa shape index (κ1) is 82.1. The van der Waals surface area contributed by atoms with Crippen LogP contribution in [0, 0.1) is 0 Å². The molecule has 9 nitrogen and oxygen atoms in total. The highest BCUT2D eigenvalue weighted by Crippen LogP contribution is 2.38. The van der Waals surface area contributed by atoms with Gasteiger partial charge in [-0.2, -0.15) is 0 Å². The number of amides is 1. The van der Waals surface area contributed by atoms with Crippen LogP contribution in [0.2, 0.25) is 0 Å². The molecule has 0 saturated carbocycles. The molecule has 0 fully saturated rings. The molecule has 0 rings (SSSR count). The van der Waals surface area contributed by atoms with Crippen LogP contribution in [0.5, 0.6) is 0 Å². The molecule has 0 aliphatic rings. The van der Waals surface area contributed by atoms with Crippen LogP contribution in [0.1, 0.15) is 284 Å². The van der Waals surface area contributed by atoms with E-state index in [-0.39, 0.29) is 24.9 Å². The van der Waals surface area contributed by atoms with Crippen LogP contribution < -0.4 is 10.2 Å². The third-order valence-corrected chi connectivity index (χ3v) is 15.8. The van der Waals surface area contributed by atoms with Crippen molar-refractivity contribution in [2.24, 2.45) is 0 Å². The summed E-state index contributed by atoms with van der Waals surface area (Å²) in [7, 11) is 1.15. The standard InChI is InChI=1S/C76H131N2O7P/c1-7-10-13-16-19-22-25-28-30-32-34-36-38-39-41-43-45-47-49-51-54-57-60-63-66-69-76(80)85-74(67-64-61-58-55-52-27-24-21-18-15-12-9-3)73(72-84-86(81,82)83-71-70-78(4,5)6)77-75(79)68-65-62-59-56-53-50-48-46-44-42-40-37-35-33-31-29-26-23-20-17-14-11-8-2/h10,13,19-20,22-23,28-31,34-37,39,41-42,44-45,47,64,67,73-74H,7-9,11-12,14-18,21,24-27,32-33,38,40,43,46,48-63,65-66,68-72H2,1-6H3,(H-,77,79,81,82)/b13-10-,22-19-,23-20-,30-28-,31-29-,36-34-,37-35-,41-39-,44-42-,47-45-,67-64+. The normalized spacial score (nSPS) is 14.4. The first-order valence-electron chi connectivity index (χ1n) is 35.0. The maximum absolute atomic E-state index is 13.6. The molecular weight excluding hydrogens is 1080 g/mol. The Morgan fingerprint density at radius 2 is 0.744 bits per heavy atom. The Hall–Kier alpha value is -3.85. The van der Waals surface area contributed by atoms with E-state index in [9.17, 15) is 19.0 Å². The lowest BCUT2D eigenvalue weighted by atomic mass is 10.0. The fraction of sp³-hybridized carbons (Fsp3) is 0.684. The molecule has 0 radical (unpaired) electrons. The zero-order valence-corrected chi connectivity index (χ0v) is 57.1. The van der Waals surface area contributed by atoms with Gasteiger partial charge in [0, 0.05) is 12.8 Å². The summed E-state index contributed by atoms with van der Waals surface area (Å²) in [6.45, 7) is 6.68. The Labute approximate surface area is 530 Å². The first-order chi connectivity index (χ1) is 41.9. The van der Waals surface area contributed by atoms with Crippen LogP contribution in [0.3, 0.4) is 0 Å². The number of rotatable bonds is 62. The Morgan fingerprint density at radius 1 is 0.419 bits per heavy atom. The monoisotopic (exact) mass is 1210 g/mol. The number of hydrogen-bond donors (Lipinski definition) is 1. The molecule has 3 unspecified atom stereocenters. The van der Waals surface area contributed by atoms with Crippen LogP contribution in [-0.2, 0) is 27.9 Å². The average Bonchev–Trinajstić information content (AvgIpc) is 3.65. The van der Waals surface area contributed by atoms with Crippen LogP contribution >= 0.6 is 7.82 Å². The van der Waals surface area contributed by atoms with Gasteiger partial charge < -0.3 is 28.5 Å². The number of hydrogen-bond acceptors (Lipinski definition) is 7. The molecular formula is C76H131N2O7P. The quantitative estimate of drug-likeness (QED) is 0.0212. The second kappa shape index (κ2) is 64.1. The summed E-state index contributed by atoms with van der Waals surface area (Å²) < 4.78 is 30.4. The molecule has 0 bridgehead atoms. The van der Waals surface area contributed by atoms with Crippen molar-refractivity contribution in [1.29, 1.82) is 0 Å². The molecule has 1 amide bonds.